The fourth-order valence-corrected chi connectivity index (χ4v) is 7.32. The van der Waals surface area contributed by atoms with Crippen LogP contribution < -0.4 is 0 Å². The van der Waals surface area contributed by atoms with E-state index in [2.05, 4.69) is 9.69 Å². The maximum Gasteiger partial charge on any atom is 0.416 e. The van der Waals surface area contributed by atoms with Gasteiger partial charge < -0.3 is 0 Å². The number of aromatic nitrogens is 4. The molecule has 0 unspecified atom stereocenters. The van der Waals surface area contributed by atoms with Gasteiger partial charge in [0.15, 0.2) is 0 Å². The summed E-state index contributed by atoms with van der Waals surface area (Å²) in [6, 6.07) is 26.7. The van der Waals surface area contributed by atoms with Gasteiger partial charge in [-0.05, 0) is 81.9 Å². The van der Waals surface area contributed by atoms with Crippen LogP contribution in [0.2, 0.25) is 0 Å². The number of nitrogens with zero attached hydrogens (tertiary/aromatic N) is 8. The highest BCUT2D eigenvalue weighted by Gasteiger charge is 2.34. The van der Waals surface area contributed by atoms with Crippen molar-refractivity contribution in [3.8, 4) is 56.9 Å². The maximum absolute atomic E-state index is 13.2. The van der Waals surface area contributed by atoms with Crippen LogP contribution in [-0.4, -0.2) is 19.9 Å². The molecule has 2 aromatic heterocycles. The number of hydrogen-bond donors (Lipinski definition) is 0. The Morgan fingerprint density at radius 1 is 0.448 bits per heavy atom. The van der Waals surface area contributed by atoms with E-state index in [1.807, 2.05) is 12.1 Å². The summed E-state index contributed by atoms with van der Waals surface area (Å²) in [5.74, 6) is 0. The molecule has 0 N–H and O–H groups in total. The third-order valence-corrected chi connectivity index (χ3v) is 10.0. The summed E-state index contributed by atoms with van der Waals surface area (Å²) >= 11 is 0. The van der Waals surface area contributed by atoms with Crippen molar-refractivity contribution in [2.75, 3.05) is 0 Å². The Morgan fingerprint density at radius 3 is 1.09 bits per heavy atom. The van der Waals surface area contributed by atoms with Crippen LogP contribution in [0.25, 0.3) is 87.7 Å². The van der Waals surface area contributed by atoms with E-state index in [9.17, 15) is 36.9 Å². The monoisotopic (exact) mass is 770 g/mol. The summed E-state index contributed by atoms with van der Waals surface area (Å²) in [6.07, 6.45) is -9.02. The topological polar surface area (TPSA) is 108 Å². The molecule has 2 aliphatic rings. The predicted octanol–water partition coefficient (Wildman–Crippen LogP) is 11.3. The van der Waals surface area contributed by atoms with E-state index < -0.39 is 23.5 Å². The molecule has 0 bridgehead atoms. The normalized spacial score (nSPS) is 14.4. The largest absolute Gasteiger partial charge is 0.416 e. The van der Waals surface area contributed by atoms with Crippen LogP contribution in [0.3, 0.4) is 0 Å². The molecular weight excluding hydrogens is 755 g/mol. The summed E-state index contributed by atoms with van der Waals surface area (Å²) in [6.45, 7) is 15.5. The zero-order valence-corrected chi connectivity index (χ0v) is 29.1. The van der Waals surface area contributed by atoms with Crippen molar-refractivity contribution in [3.05, 3.63) is 165 Å². The smallest absolute Gasteiger partial charge is 0.245 e. The Bertz CT molecular complexity index is 2970. The van der Waals surface area contributed by atoms with E-state index in [1.54, 1.807) is 48.5 Å². The highest BCUT2D eigenvalue weighted by molar-refractivity contribution is 6.07. The van der Waals surface area contributed by atoms with E-state index in [1.165, 1.54) is 24.3 Å². The van der Waals surface area contributed by atoms with Crippen LogP contribution in [0.1, 0.15) is 33.6 Å². The molecule has 0 aliphatic heterocycles. The third-order valence-electron chi connectivity index (χ3n) is 10.0. The van der Waals surface area contributed by atoms with E-state index in [4.69, 9.17) is 33.1 Å². The van der Waals surface area contributed by atoms with Crippen molar-refractivity contribution in [1.82, 2.24) is 19.9 Å². The Hall–Kier alpha value is -8.20. The molecule has 0 spiro atoms. The van der Waals surface area contributed by atoms with Gasteiger partial charge in [-0.25, -0.2) is 40.1 Å². The van der Waals surface area contributed by atoms with E-state index in [0.29, 0.717) is 78.0 Å². The van der Waals surface area contributed by atoms with Crippen molar-refractivity contribution < 1.29 is 26.3 Å². The number of hydrogen-bond acceptors (Lipinski definition) is 6. The Morgan fingerprint density at radius 2 is 0.776 bits per heavy atom. The van der Waals surface area contributed by atoms with E-state index >= 15 is 0 Å². The van der Waals surface area contributed by atoms with Crippen LogP contribution in [0.15, 0.2) is 108 Å². The van der Waals surface area contributed by atoms with Gasteiger partial charge in [-0.1, -0.05) is 48.5 Å². The van der Waals surface area contributed by atoms with Gasteiger partial charge in [0.25, 0.3) is 11.4 Å². The SMILES string of the molecule is [C-]#[N+]/C(C#N)=C1/c2cc(-c3ccc(C(F)(F)F)cc3)ccc2-c2nc3cc4nc5c(nc4cc3nc21)-c1ccc(-c2ccc(C(F)(F)F)cc2)cc1/C5=C(/C#N)[N+]#[C-]. The molecule has 5 aromatic carbocycles. The first-order valence-electron chi connectivity index (χ1n) is 17.0. The van der Waals surface area contributed by atoms with Gasteiger partial charge in [-0.3, -0.25) is 0 Å². The van der Waals surface area contributed by atoms with E-state index in [0.717, 1.165) is 24.3 Å². The van der Waals surface area contributed by atoms with Gasteiger partial charge in [0.2, 0.25) is 0 Å². The van der Waals surface area contributed by atoms with Crippen LogP contribution in [0.5, 0.6) is 0 Å². The van der Waals surface area contributed by atoms with Crippen molar-refractivity contribution in [2.24, 2.45) is 0 Å². The van der Waals surface area contributed by atoms with Gasteiger partial charge in [-0.2, -0.15) is 26.3 Å². The molecule has 0 fully saturated rings. The predicted molar refractivity (Wildman–Crippen MR) is 201 cm³/mol. The van der Waals surface area contributed by atoms with Gasteiger partial charge in [0.1, 0.15) is 0 Å². The van der Waals surface area contributed by atoms with Crippen molar-refractivity contribution in [3.63, 3.8) is 0 Å². The molecule has 0 amide bonds. The van der Waals surface area contributed by atoms with Crippen molar-refractivity contribution in [1.29, 1.82) is 10.5 Å². The van der Waals surface area contributed by atoms with Gasteiger partial charge >= 0.3 is 12.4 Å². The first-order valence-corrected chi connectivity index (χ1v) is 17.0. The van der Waals surface area contributed by atoms with E-state index in [-0.39, 0.29) is 33.9 Å². The molecule has 0 saturated carbocycles. The second-order valence-electron chi connectivity index (χ2n) is 13.2. The average Bonchev–Trinajstić information content (AvgIpc) is 3.69. The Kier molecular flexibility index (Phi) is 7.76. The molecule has 14 heteroatoms. The molecule has 2 heterocycles. The van der Waals surface area contributed by atoms with Crippen molar-refractivity contribution in [2.45, 2.75) is 12.4 Å². The molecule has 0 saturated heterocycles. The first kappa shape index (κ1) is 35.5. The molecular formula is C44H16F6N8. The van der Waals surface area contributed by atoms with Crippen LogP contribution in [0, 0.1) is 35.8 Å². The lowest BCUT2D eigenvalue weighted by Gasteiger charge is -2.09. The number of rotatable bonds is 2. The number of allylic oxidation sites excluding steroid dienone is 2. The molecule has 0 radical (unpaired) electrons. The highest BCUT2D eigenvalue weighted by atomic mass is 19.4. The summed E-state index contributed by atoms with van der Waals surface area (Å²) in [5, 5.41) is 20.0. The lowest BCUT2D eigenvalue weighted by atomic mass is 9.97. The molecule has 274 valence electrons. The third kappa shape index (κ3) is 5.51. The minimum absolute atomic E-state index is 0.224. The van der Waals surface area contributed by atoms with Crippen LogP contribution in [0.4, 0.5) is 26.3 Å². The minimum Gasteiger partial charge on any atom is -0.245 e. The standard InChI is InChI=1S/C44H16F6N8/c1-53-35(19-51)37-29-15-23(21-3-9-25(10-4-21)43(45,46)47)7-13-27(29)39-41(37)57-33-17-32-34(18-31(33)55-39)58-42-38(36(20-52)54-2)30-16-24(8-14-28(30)40(42)56-32)22-5-11-26(12-6-22)44(48,49)50/h3-18H/b37-35-,38-36+. The molecule has 9 rings (SSSR count). The summed E-state index contributed by atoms with van der Waals surface area (Å²) in [5.41, 5.74) is 5.11. The zero-order valence-electron chi connectivity index (χ0n) is 29.1. The molecule has 58 heavy (non-hydrogen) atoms. The second-order valence-corrected chi connectivity index (χ2v) is 13.2. The zero-order chi connectivity index (χ0) is 40.7. The van der Waals surface area contributed by atoms with Crippen LogP contribution in [-0.2, 0) is 12.4 Å². The number of benzene rings is 5. The lowest BCUT2D eigenvalue weighted by molar-refractivity contribution is -0.138. The molecule has 8 nitrogen and oxygen atoms in total. The first-order chi connectivity index (χ1) is 27.8. The van der Waals surface area contributed by atoms with Gasteiger partial charge in [0.05, 0.1) is 81.3 Å². The maximum atomic E-state index is 13.2. The fraction of sp³-hybridized carbons (Fsp3) is 0.0455. The average molecular weight is 771 g/mol. The lowest BCUT2D eigenvalue weighted by Crippen LogP contribution is -2.04. The number of halogens is 6. The van der Waals surface area contributed by atoms with Crippen molar-refractivity contribution >= 4 is 33.2 Å². The quantitative estimate of drug-likeness (QED) is 0.0749. The van der Waals surface area contributed by atoms with Gasteiger partial charge in [0, 0.05) is 22.3 Å². The number of fused-ring (bicyclic) bond motifs is 8. The second kappa shape index (κ2) is 12.7. The minimum atomic E-state index is -4.51. The molecule has 2 aliphatic carbocycles. The Balaban J connectivity index is 1.18. The number of alkyl halides is 6. The summed E-state index contributed by atoms with van der Waals surface area (Å²) in [4.78, 5) is 26.4. The summed E-state index contributed by atoms with van der Waals surface area (Å²) in [7, 11) is 0. The summed E-state index contributed by atoms with van der Waals surface area (Å²) < 4.78 is 79.5. The van der Waals surface area contributed by atoms with Gasteiger partial charge in [-0.15, -0.1) is 0 Å². The Labute approximate surface area is 323 Å². The molecule has 7 aromatic rings. The molecule has 0 atom stereocenters. The van der Waals surface area contributed by atoms with Crippen LogP contribution >= 0.6 is 0 Å². The fourth-order valence-electron chi connectivity index (χ4n) is 7.32. The number of nitriles is 2. The highest BCUT2D eigenvalue weighted by Crippen LogP contribution is 2.48.